The van der Waals surface area contributed by atoms with Gasteiger partial charge in [0.1, 0.15) is 6.04 Å². The predicted octanol–water partition coefficient (Wildman–Crippen LogP) is 1.70. The van der Waals surface area contributed by atoms with Gasteiger partial charge >= 0.3 is 5.97 Å². The van der Waals surface area contributed by atoms with Gasteiger partial charge in [0.2, 0.25) is 15.9 Å². The number of rotatable bonds is 7. The SMILES string of the molecule is CC(C)C[C@@H](NC(=O)C1CCCN(S(=O)(=O)c2ccccc2)C1)C(=O)O. The van der Waals surface area contributed by atoms with Gasteiger partial charge in [0.15, 0.2) is 0 Å². The summed E-state index contributed by atoms with van der Waals surface area (Å²) in [6, 6.07) is 7.16. The number of carboxylic acid groups (broad SMARTS) is 1. The van der Waals surface area contributed by atoms with Gasteiger partial charge in [-0.1, -0.05) is 32.0 Å². The number of amides is 1. The number of carboxylic acids is 1. The first-order valence-corrected chi connectivity index (χ1v) is 10.2. The highest BCUT2D eigenvalue weighted by atomic mass is 32.2. The molecule has 2 atom stereocenters. The molecule has 0 bridgehead atoms. The molecular weight excluding hydrogens is 356 g/mol. The van der Waals surface area contributed by atoms with E-state index in [1.54, 1.807) is 18.2 Å². The van der Waals surface area contributed by atoms with Gasteiger partial charge in [-0.25, -0.2) is 13.2 Å². The maximum Gasteiger partial charge on any atom is 0.326 e. The van der Waals surface area contributed by atoms with Gasteiger partial charge in [-0.2, -0.15) is 4.31 Å². The number of benzene rings is 1. The molecule has 1 aliphatic heterocycles. The van der Waals surface area contributed by atoms with Crippen LogP contribution in [-0.4, -0.2) is 48.8 Å². The molecule has 0 radical (unpaired) electrons. The molecule has 2 rings (SSSR count). The quantitative estimate of drug-likeness (QED) is 0.747. The zero-order valence-electron chi connectivity index (χ0n) is 15.1. The zero-order valence-corrected chi connectivity index (χ0v) is 15.9. The first-order chi connectivity index (χ1) is 12.2. The van der Waals surface area contributed by atoms with E-state index in [1.165, 1.54) is 16.4 Å². The lowest BCUT2D eigenvalue weighted by molar-refractivity contribution is -0.143. The molecule has 2 N–H and O–H groups in total. The van der Waals surface area contributed by atoms with E-state index in [0.717, 1.165) is 0 Å². The molecule has 1 aromatic rings. The van der Waals surface area contributed by atoms with E-state index in [4.69, 9.17) is 0 Å². The summed E-state index contributed by atoms with van der Waals surface area (Å²) in [5, 5.41) is 11.8. The van der Waals surface area contributed by atoms with Gasteiger partial charge in [0, 0.05) is 13.1 Å². The van der Waals surface area contributed by atoms with E-state index in [9.17, 15) is 23.1 Å². The van der Waals surface area contributed by atoms with Crippen LogP contribution in [0.15, 0.2) is 35.2 Å². The molecule has 26 heavy (non-hydrogen) atoms. The molecule has 0 aromatic heterocycles. The number of hydrogen-bond donors (Lipinski definition) is 2. The molecule has 7 nitrogen and oxygen atoms in total. The summed E-state index contributed by atoms with van der Waals surface area (Å²) in [7, 11) is -3.66. The lowest BCUT2D eigenvalue weighted by Gasteiger charge is -2.32. The van der Waals surface area contributed by atoms with E-state index in [0.29, 0.717) is 25.8 Å². The van der Waals surface area contributed by atoms with Gasteiger partial charge in [-0.05, 0) is 37.3 Å². The summed E-state index contributed by atoms with van der Waals surface area (Å²) in [5.41, 5.74) is 0. The van der Waals surface area contributed by atoms with Crippen LogP contribution in [0, 0.1) is 11.8 Å². The number of sulfonamides is 1. The number of hydrogen-bond acceptors (Lipinski definition) is 4. The second-order valence-corrected chi connectivity index (χ2v) is 8.98. The molecule has 1 saturated heterocycles. The number of aliphatic carboxylic acids is 1. The molecule has 1 fully saturated rings. The van der Waals surface area contributed by atoms with Crippen LogP contribution in [0.1, 0.15) is 33.1 Å². The zero-order chi connectivity index (χ0) is 19.3. The Kier molecular flexibility index (Phi) is 6.77. The van der Waals surface area contributed by atoms with Crippen molar-refractivity contribution in [2.75, 3.05) is 13.1 Å². The van der Waals surface area contributed by atoms with Gasteiger partial charge < -0.3 is 10.4 Å². The van der Waals surface area contributed by atoms with Crippen LogP contribution < -0.4 is 5.32 Å². The van der Waals surface area contributed by atoms with Crippen LogP contribution in [0.2, 0.25) is 0 Å². The molecule has 0 saturated carbocycles. The van der Waals surface area contributed by atoms with Crippen LogP contribution in [0.25, 0.3) is 0 Å². The minimum Gasteiger partial charge on any atom is -0.480 e. The molecule has 8 heteroatoms. The standard InChI is InChI=1S/C18H26N2O5S/c1-13(2)11-16(18(22)23)19-17(21)14-7-6-10-20(12-14)26(24,25)15-8-4-3-5-9-15/h3-5,8-9,13-14,16H,6-7,10-12H2,1-2H3,(H,19,21)(H,22,23)/t14?,16-/m1/s1. The van der Waals surface area contributed by atoms with Gasteiger partial charge in [-0.3, -0.25) is 4.79 Å². The van der Waals surface area contributed by atoms with Gasteiger partial charge in [0.05, 0.1) is 10.8 Å². The Balaban J connectivity index is 2.07. The van der Waals surface area contributed by atoms with Crippen molar-refractivity contribution in [2.45, 2.75) is 44.0 Å². The Morgan fingerprint density at radius 2 is 1.92 bits per heavy atom. The van der Waals surface area contributed by atoms with Crippen molar-refractivity contribution >= 4 is 21.9 Å². The summed E-state index contributed by atoms with van der Waals surface area (Å²) in [6.07, 6.45) is 1.44. The Hall–Kier alpha value is -1.93. The minimum absolute atomic E-state index is 0.0665. The Morgan fingerprint density at radius 1 is 1.27 bits per heavy atom. The molecule has 1 unspecified atom stereocenters. The Bertz CT molecular complexity index is 733. The number of nitrogens with zero attached hydrogens (tertiary/aromatic N) is 1. The van der Waals surface area contributed by atoms with Crippen LogP contribution in [0.4, 0.5) is 0 Å². The molecule has 0 aliphatic carbocycles. The lowest BCUT2D eigenvalue weighted by atomic mass is 9.97. The molecule has 0 spiro atoms. The first-order valence-electron chi connectivity index (χ1n) is 8.80. The highest BCUT2D eigenvalue weighted by molar-refractivity contribution is 7.89. The van der Waals surface area contributed by atoms with Crippen LogP contribution in [0.5, 0.6) is 0 Å². The highest BCUT2D eigenvalue weighted by Gasteiger charge is 2.34. The average Bonchev–Trinajstić information content (AvgIpc) is 2.61. The van der Waals surface area contributed by atoms with Gasteiger partial charge in [0.25, 0.3) is 0 Å². The first kappa shape index (κ1) is 20.4. The summed E-state index contributed by atoms with van der Waals surface area (Å²) in [4.78, 5) is 24.0. The molecular formula is C18H26N2O5S. The number of carbonyl (C=O) groups is 2. The largest absolute Gasteiger partial charge is 0.480 e. The third-order valence-electron chi connectivity index (χ3n) is 4.46. The fraction of sp³-hybridized carbons (Fsp3) is 0.556. The molecule has 1 aromatic carbocycles. The summed E-state index contributed by atoms with van der Waals surface area (Å²) in [5.74, 6) is -1.89. The topological polar surface area (TPSA) is 104 Å². The lowest BCUT2D eigenvalue weighted by Crippen LogP contribution is -2.49. The van der Waals surface area contributed by atoms with Crippen molar-refractivity contribution in [3.8, 4) is 0 Å². The number of nitrogens with one attached hydrogen (secondary N) is 1. The summed E-state index contributed by atoms with van der Waals surface area (Å²) >= 11 is 0. The van der Waals surface area contributed by atoms with E-state index < -0.39 is 33.9 Å². The van der Waals surface area contributed by atoms with E-state index in [1.807, 2.05) is 13.8 Å². The van der Waals surface area contributed by atoms with Crippen LogP contribution in [-0.2, 0) is 19.6 Å². The van der Waals surface area contributed by atoms with E-state index in [-0.39, 0.29) is 17.4 Å². The van der Waals surface area contributed by atoms with Crippen molar-refractivity contribution in [2.24, 2.45) is 11.8 Å². The smallest absolute Gasteiger partial charge is 0.326 e. The molecule has 1 heterocycles. The van der Waals surface area contributed by atoms with Crippen molar-refractivity contribution < 1.29 is 23.1 Å². The number of piperidine rings is 1. The maximum atomic E-state index is 12.7. The molecule has 1 aliphatic rings. The van der Waals surface area contributed by atoms with E-state index in [2.05, 4.69) is 5.32 Å². The monoisotopic (exact) mass is 382 g/mol. The summed E-state index contributed by atoms with van der Waals surface area (Å²) < 4.78 is 26.8. The average molecular weight is 382 g/mol. The number of carbonyl (C=O) groups excluding carboxylic acids is 1. The normalized spacial score (nSPS) is 19.9. The fourth-order valence-corrected chi connectivity index (χ4v) is 4.64. The molecule has 144 valence electrons. The maximum absolute atomic E-state index is 12.7. The van der Waals surface area contributed by atoms with Crippen molar-refractivity contribution in [1.82, 2.24) is 9.62 Å². The minimum atomic E-state index is -3.66. The second-order valence-electron chi connectivity index (χ2n) is 7.04. The van der Waals surface area contributed by atoms with Crippen molar-refractivity contribution in [3.63, 3.8) is 0 Å². The second kappa shape index (κ2) is 8.64. The van der Waals surface area contributed by atoms with Crippen molar-refractivity contribution in [1.29, 1.82) is 0 Å². The Morgan fingerprint density at radius 3 is 2.50 bits per heavy atom. The molecule has 1 amide bonds. The van der Waals surface area contributed by atoms with Crippen molar-refractivity contribution in [3.05, 3.63) is 30.3 Å². The third-order valence-corrected chi connectivity index (χ3v) is 6.34. The Labute approximate surface area is 154 Å². The third kappa shape index (κ3) is 5.04. The van der Waals surface area contributed by atoms with Gasteiger partial charge in [-0.15, -0.1) is 0 Å². The highest BCUT2D eigenvalue weighted by Crippen LogP contribution is 2.24. The van der Waals surface area contributed by atoms with Crippen LogP contribution in [0.3, 0.4) is 0 Å². The van der Waals surface area contributed by atoms with Crippen LogP contribution >= 0.6 is 0 Å². The predicted molar refractivity (Wildman–Crippen MR) is 96.9 cm³/mol. The van der Waals surface area contributed by atoms with E-state index >= 15 is 0 Å². The summed E-state index contributed by atoms with van der Waals surface area (Å²) in [6.45, 7) is 4.19. The fourth-order valence-electron chi connectivity index (χ4n) is 3.10.